The van der Waals surface area contributed by atoms with E-state index in [1.807, 2.05) is 50.2 Å². The van der Waals surface area contributed by atoms with Crippen LogP contribution in [0.5, 0.6) is 5.75 Å². The minimum absolute atomic E-state index is 0.102. The SMILES string of the molecule is CCOc1ccc(C)cc1-c1nc2nc(C#N)nc(NCCC3CCC3)c2n1Cc1ccc(Cl)cc1. The smallest absolute Gasteiger partial charge is 0.236 e. The van der Waals surface area contributed by atoms with Gasteiger partial charge in [-0.3, -0.25) is 0 Å². The van der Waals surface area contributed by atoms with Gasteiger partial charge in [0, 0.05) is 18.1 Å². The van der Waals surface area contributed by atoms with Crippen molar-refractivity contribution in [2.24, 2.45) is 5.92 Å². The molecule has 0 unspecified atom stereocenters. The van der Waals surface area contributed by atoms with Gasteiger partial charge in [-0.1, -0.05) is 54.6 Å². The molecular weight excluding hydrogens is 472 g/mol. The Labute approximate surface area is 216 Å². The van der Waals surface area contributed by atoms with Gasteiger partial charge >= 0.3 is 0 Å². The van der Waals surface area contributed by atoms with Gasteiger partial charge in [-0.25, -0.2) is 4.98 Å². The molecule has 1 fully saturated rings. The summed E-state index contributed by atoms with van der Waals surface area (Å²) in [6, 6.07) is 16.0. The number of ether oxygens (including phenoxy) is 1. The number of anilines is 1. The molecule has 0 radical (unpaired) electrons. The van der Waals surface area contributed by atoms with Gasteiger partial charge in [0.25, 0.3) is 0 Å². The molecule has 0 amide bonds. The predicted octanol–water partition coefficient (Wildman–Crippen LogP) is 6.38. The highest BCUT2D eigenvalue weighted by molar-refractivity contribution is 6.30. The van der Waals surface area contributed by atoms with Crippen LogP contribution in [0.2, 0.25) is 5.02 Å². The van der Waals surface area contributed by atoms with Gasteiger partial charge in [0.2, 0.25) is 5.82 Å². The normalized spacial score (nSPS) is 13.4. The van der Waals surface area contributed by atoms with Crippen LogP contribution < -0.4 is 10.1 Å². The third kappa shape index (κ3) is 5.00. The number of nitriles is 1. The highest BCUT2D eigenvalue weighted by Crippen LogP contribution is 2.35. The van der Waals surface area contributed by atoms with Crippen LogP contribution in [0.1, 0.15) is 49.6 Å². The number of hydrogen-bond acceptors (Lipinski definition) is 6. The highest BCUT2D eigenvalue weighted by atomic mass is 35.5. The number of fused-ring (bicyclic) bond motifs is 1. The van der Waals surface area contributed by atoms with E-state index in [2.05, 4.69) is 32.0 Å². The lowest BCUT2D eigenvalue weighted by Crippen LogP contribution is -2.17. The van der Waals surface area contributed by atoms with Crippen LogP contribution in [-0.4, -0.2) is 32.7 Å². The third-order valence-electron chi connectivity index (χ3n) is 6.70. The molecule has 0 aliphatic heterocycles. The van der Waals surface area contributed by atoms with Crippen molar-refractivity contribution in [1.82, 2.24) is 19.5 Å². The molecular formula is C28H29ClN6O. The van der Waals surface area contributed by atoms with Crippen molar-refractivity contribution in [3.8, 4) is 23.2 Å². The first kappa shape index (κ1) is 24.1. The Bertz CT molecular complexity index is 1420. The minimum Gasteiger partial charge on any atom is -0.493 e. The second kappa shape index (κ2) is 10.5. The van der Waals surface area contributed by atoms with Crippen molar-refractivity contribution in [1.29, 1.82) is 5.26 Å². The Morgan fingerprint density at radius 1 is 1.14 bits per heavy atom. The van der Waals surface area contributed by atoms with Crippen LogP contribution in [0.4, 0.5) is 5.82 Å². The van der Waals surface area contributed by atoms with Crippen molar-refractivity contribution in [2.45, 2.75) is 46.1 Å². The molecule has 1 aliphatic rings. The first-order chi connectivity index (χ1) is 17.6. The largest absolute Gasteiger partial charge is 0.493 e. The summed E-state index contributed by atoms with van der Waals surface area (Å²) in [5.74, 6) is 2.97. The number of imidazole rings is 1. The lowest BCUT2D eigenvalue weighted by Gasteiger charge is -2.25. The van der Waals surface area contributed by atoms with Gasteiger partial charge in [0.05, 0.1) is 12.2 Å². The van der Waals surface area contributed by atoms with E-state index < -0.39 is 0 Å². The standard InChI is InChI=1S/C28H29ClN6O/c1-3-36-23-12-7-18(2)15-22(23)28-34-27-25(35(28)17-20-8-10-21(29)11-9-20)26(32-24(16-30)33-27)31-14-13-19-5-4-6-19/h7-12,15,19H,3-6,13-14,17H2,1-2H3,(H,31,32,33). The Hall–Kier alpha value is -3.63. The first-order valence-electron chi connectivity index (χ1n) is 12.5. The lowest BCUT2D eigenvalue weighted by atomic mass is 9.83. The van der Waals surface area contributed by atoms with E-state index in [-0.39, 0.29) is 5.82 Å². The van der Waals surface area contributed by atoms with Crippen LogP contribution in [-0.2, 0) is 6.54 Å². The molecule has 2 aromatic carbocycles. The van der Waals surface area contributed by atoms with E-state index in [4.69, 9.17) is 21.3 Å². The molecule has 0 spiro atoms. The van der Waals surface area contributed by atoms with Gasteiger partial charge in [-0.2, -0.15) is 15.2 Å². The monoisotopic (exact) mass is 500 g/mol. The van der Waals surface area contributed by atoms with Crippen LogP contribution in [0.3, 0.4) is 0 Å². The van der Waals surface area contributed by atoms with E-state index in [0.29, 0.717) is 29.6 Å². The molecule has 2 aromatic heterocycles. The summed E-state index contributed by atoms with van der Waals surface area (Å²) in [7, 11) is 0. The first-order valence-corrected chi connectivity index (χ1v) is 12.8. The number of nitrogens with zero attached hydrogens (tertiary/aromatic N) is 5. The molecule has 7 nitrogen and oxygen atoms in total. The molecule has 1 N–H and O–H groups in total. The van der Waals surface area contributed by atoms with Crippen molar-refractivity contribution < 1.29 is 4.74 Å². The maximum Gasteiger partial charge on any atom is 0.236 e. The van der Waals surface area contributed by atoms with E-state index >= 15 is 0 Å². The van der Waals surface area contributed by atoms with Gasteiger partial charge < -0.3 is 14.6 Å². The van der Waals surface area contributed by atoms with E-state index in [1.165, 1.54) is 19.3 Å². The Morgan fingerprint density at radius 2 is 1.94 bits per heavy atom. The number of hydrogen-bond donors (Lipinski definition) is 1. The molecule has 5 rings (SSSR count). The zero-order valence-electron chi connectivity index (χ0n) is 20.6. The third-order valence-corrected chi connectivity index (χ3v) is 6.95. The van der Waals surface area contributed by atoms with Gasteiger partial charge in [-0.05, 0) is 56.0 Å². The summed E-state index contributed by atoms with van der Waals surface area (Å²) in [5, 5.41) is 13.8. The molecule has 2 heterocycles. The molecule has 184 valence electrons. The predicted molar refractivity (Wildman–Crippen MR) is 142 cm³/mol. The second-order valence-corrected chi connectivity index (χ2v) is 9.71. The summed E-state index contributed by atoms with van der Waals surface area (Å²) in [6.07, 6.45) is 4.97. The Balaban J connectivity index is 1.67. The van der Waals surface area contributed by atoms with Crippen LogP contribution in [0.15, 0.2) is 42.5 Å². The molecule has 36 heavy (non-hydrogen) atoms. The van der Waals surface area contributed by atoms with Crippen LogP contribution in [0.25, 0.3) is 22.6 Å². The number of aryl methyl sites for hydroxylation is 1. The zero-order valence-corrected chi connectivity index (χ0v) is 21.3. The van der Waals surface area contributed by atoms with Crippen molar-refractivity contribution >= 4 is 28.6 Å². The molecule has 4 aromatic rings. The summed E-state index contributed by atoms with van der Waals surface area (Å²) >= 11 is 6.15. The average molecular weight is 501 g/mol. The zero-order chi connectivity index (χ0) is 25.1. The molecule has 1 saturated carbocycles. The van der Waals surface area contributed by atoms with Gasteiger partial charge in [0.15, 0.2) is 11.5 Å². The fourth-order valence-corrected chi connectivity index (χ4v) is 4.74. The second-order valence-electron chi connectivity index (χ2n) is 9.27. The number of nitrogens with one attached hydrogen (secondary N) is 1. The maximum atomic E-state index is 9.62. The number of rotatable bonds is 9. The van der Waals surface area contributed by atoms with E-state index in [9.17, 15) is 5.26 Å². The summed E-state index contributed by atoms with van der Waals surface area (Å²) in [5.41, 5.74) is 4.30. The molecule has 1 aliphatic carbocycles. The van der Waals surface area contributed by atoms with Crippen LogP contribution >= 0.6 is 11.6 Å². The van der Waals surface area contributed by atoms with Crippen molar-refractivity contribution in [3.05, 3.63) is 64.4 Å². The van der Waals surface area contributed by atoms with Crippen molar-refractivity contribution in [3.63, 3.8) is 0 Å². The fourth-order valence-electron chi connectivity index (χ4n) is 4.62. The van der Waals surface area contributed by atoms with E-state index in [1.54, 1.807) is 0 Å². The fraction of sp³-hybridized carbons (Fsp3) is 0.357. The Morgan fingerprint density at radius 3 is 2.64 bits per heavy atom. The highest BCUT2D eigenvalue weighted by Gasteiger charge is 2.23. The topological polar surface area (TPSA) is 88.7 Å². The van der Waals surface area contributed by atoms with Gasteiger partial charge in [0.1, 0.15) is 23.2 Å². The number of halogens is 1. The number of aromatic nitrogens is 4. The molecule has 8 heteroatoms. The summed E-state index contributed by atoms with van der Waals surface area (Å²) in [6.45, 7) is 5.88. The summed E-state index contributed by atoms with van der Waals surface area (Å²) in [4.78, 5) is 14.0. The van der Waals surface area contributed by atoms with Crippen LogP contribution in [0, 0.1) is 24.2 Å². The Kier molecular flexibility index (Phi) is 7.06. The van der Waals surface area contributed by atoms with E-state index in [0.717, 1.165) is 52.7 Å². The summed E-state index contributed by atoms with van der Waals surface area (Å²) < 4.78 is 8.09. The molecule has 0 saturated heterocycles. The maximum absolute atomic E-state index is 9.62. The molecule has 0 atom stereocenters. The van der Waals surface area contributed by atoms with Crippen molar-refractivity contribution in [2.75, 3.05) is 18.5 Å². The lowest BCUT2D eigenvalue weighted by molar-refractivity contribution is 0.303. The van der Waals surface area contributed by atoms with Gasteiger partial charge in [-0.15, -0.1) is 0 Å². The molecule has 0 bridgehead atoms. The number of benzene rings is 2. The average Bonchev–Trinajstić information content (AvgIpc) is 3.21. The minimum atomic E-state index is 0.102. The quantitative estimate of drug-likeness (QED) is 0.287.